The summed E-state index contributed by atoms with van der Waals surface area (Å²) in [6.45, 7) is 12.3. The van der Waals surface area contributed by atoms with Crippen LogP contribution in [0.2, 0.25) is 12.6 Å². The second-order valence-electron chi connectivity index (χ2n) is 17.2. The SMILES string of the molecule is CC[Si]1(C)c2cc(-n3c4c(c5ccccc53)CCC4)ccc2B2c3ccc(-n4c5c(c6ccccc64)CCC5)cc3Oc3cc(C(C)(C)C)cc1c32. The molecular weight excluding hydrogens is 647 g/mol. The highest BCUT2D eigenvalue weighted by molar-refractivity contribution is 7.15. The summed E-state index contributed by atoms with van der Waals surface area (Å²) in [6, 6.07) is 38.9. The Balaban J connectivity index is 1.15. The molecule has 11 rings (SSSR count). The first-order chi connectivity index (χ1) is 25.2. The third-order valence-electron chi connectivity index (χ3n) is 13.4. The minimum absolute atomic E-state index is 0.00685. The van der Waals surface area contributed by atoms with Gasteiger partial charge in [0.25, 0.3) is 6.71 Å². The zero-order valence-electron chi connectivity index (χ0n) is 31.1. The maximum atomic E-state index is 7.17. The summed E-state index contributed by atoms with van der Waals surface area (Å²) in [5, 5.41) is 6.00. The lowest BCUT2D eigenvalue weighted by Crippen LogP contribution is -2.78. The van der Waals surface area contributed by atoms with E-state index in [0.29, 0.717) is 0 Å². The molecule has 4 aliphatic rings. The van der Waals surface area contributed by atoms with Crippen molar-refractivity contribution >= 4 is 63.4 Å². The Kier molecular flexibility index (Phi) is 6.33. The number of aromatic nitrogens is 2. The average Bonchev–Trinajstić information content (AvgIpc) is 3.94. The number of ether oxygens (including phenoxy) is 1. The molecule has 0 N–H and O–H groups in total. The van der Waals surface area contributed by atoms with Gasteiger partial charge in [-0.25, -0.2) is 0 Å². The monoisotopic (exact) mass is 692 g/mol. The van der Waals surface area contributed by atoms with E-state index >= 15 is 0 Å². The summed E-state index contributed by atoms with van der Waals surface area (Å²) in [6.07, 6.45) is 7.10. The van der Waals surface area contributed by atoms with E-state index in [2.05, 4.69) is 140 Å². The zero-order chi connectivity index (χ0) is 35.1. The second kappa shape index (κ2) is 10.7. The Morgan fingerprint density at radius 3 is 1.87 bits per heavy atom. The van der Waals surface area contributed by atoms with Crippen molar-refractivity contribution in [2.45, 2.75) is 84.2 Å². The first-order valence-corrected chi connectivity index (χ1v) is 22.3. The van der Waals surface area contributed by atoms with Gasteiger partial charge < -0.3 is 13.9 Å². The molecule has 0 saturated heterocycles. The van der Waals surface area contributed by atoms with Crippen LogP contribution in [0.1, 0.15) is 68.6 Å². The lowest BCUT2D eigenvalue weighted by atomic mass is 9.35. The molecule has 2 aromatic heterocycles. The number of aryl methyl sites for hydroxylation is 2. The Bertz CT molecular complexity index is 2670. The average molecular weight is 693 g/mol. The summed E-state index contributed by atoms with van der Waals surface area (Å²) in [7, 11) is -2.17. The number of hydrogen-bond acceptors (Lipinski definition) is 1. The molecule has 0 fully saturated rings. The van der Waals surface area contributed by atoms with Crippen LogP contribution < -0.4 is 31.5 Å². The fraction of sp³-hybridized carbons (Fsp3) is 0.277. The Morgan fingerprint density at radius 2 is 1.25 bits per heavy atom. The molecule has 7 aromatic rings. The predicted octanol–water partition coefficient (Wildman–Crippen LogP) is 8.00. The number of hydrogen-bond donors (Lipinski definition) is 0. The van der Waals surface area contributed by atoms with Gasteiger partial charge in [0, 0.05) is 39.6 Å². The normalized spacial score (nSPS) is 18.3. The van der Waals surface area contributed by atoms with E-state index < -0.39 is 8.07 Å². The number of benzene rings is 5. The molecule has 1 atom stereocenters. The minimum Gasteiger partial charge on any atom is -0.458 e. The highest BCUT2D eigenvalue weighted by Crippen LogP contribution is 2.39. The molecular formula is C47H45BN2OSi. The van der Waals surface area contributed by atoms with Crippen molar-refractivity contribution in [2.24, 2.45) is 0 Å². The van der Waals surface area contributed by atoms with E-state index in [-0.39, 0.29) is 12.1 Å². The van der Waals surface area contributed by atoms with Crippen LogP contribution in [-0.2, 0) is 31.1 Å². The van der Waals surface area contributed by atoms with Crippen molar-refractivity contribution in [3.63, 3.8) is 0 Å². The van der Waals surface area contributed by atoms with Gasteiger partial charge in [-0.15, -0.1) is 0 Å². The minimum atomic E-state index is -2.17. The largest absolute Gasteiger partial charge is 0.458 e. The van der Waals surface area contributed by atoms with Gasteiger partial charge in [0.05, 0.1) is 11.0 Å². The Morgan fingerprint density at radius 1 is 0.654 bits per heavy atom. The standard InChI is InChI=1S/C47H45BN2OSi/c1-6-52(5)44-28-31(50-39-18-10-8-14-33(39)35-16-12-20-41(35)50)22-24-37(44)48-36-23-21-30(49-38-17-9-7-13-32(38)34-15-11-19-40(34)49)27-42(36)51-43-25-29(47(2,3)4)26-45(52)46(43)48/h7-10,13-14,17-18,21-28H,6,11-12,15-16,19-20H2,1-5H3. The van der Waals surface area contributed by atoms with Gasteiger partial charge in [0.2, 0.25) is 0 Å². The lowest BCUT2D eigenvalue weighted by molar-refractivity contribution is 0.483. The molecule has 5 heteroatoms. The van der Waals surface area contributed by atoms with Crippen LogP contribution in [0.3, 0.4) is 0 Å². The van der Waals surface area contributed by atoms with E-state index in [1.165, 1.54) is 97.8 Å². The van der Waals surface area contributed by atoms with E-state index in [4.69, 9.17) is 4.74 Å². The van der Waals surface area contributed by atoms with Crippen LogP contribution in [0, 0.1) is 0 Å². The van der Waals surface area contributed by atoms with Crippen molar-refractivity contribution in [3.8, 4) is 22.9 Å². The number of rotatable bonds is 3. The van der Waals surface area contributed by atoms with Crippen LogP contribution in [0.5, 0.6) is 11.5 Å². The van der Waals surface area contributed by atoms with E-state index in [1.54, 1.807) is 15.9 Å². The quantitative estimate of drug-likeness (QED) is 0.172. The maximum Gasteiger partial charge on any atom is 0.250 e. The smallest absolute Gasteiger partial charge is 0.250 e. The maximum absolute atomic E-state index is 7.17. The van der Waals surface area contributed by atoms with Crippen LogP contribution in [0.4, 0.5) is 0 Å². The van der Waals surface area contributed by atoms with Gasteiger partial charge in [0.15, 0.2) is 0 Å². The van der Waals surface area contributed by atoms with Gasteiger partial charge in [0.1, 0.15) is 19.6 Å². The van der Waals surface area contributed by atoms with Crippen molar-refractivity contribution in [1.29, 1.82) is 0 Å². The van der Waals surface area contributed by atoms with Gasteiger partial charge in [-0.2, -0.15) is 0 Å². The van der Waals surface area contributed by atoms with E-state index in [0.717, 1.165) is 30.4 Å². The molecule has 0 amide bonds. The molecule has 4 heterocycles. The predicted molar refractivity (Wildman–Crippen MR) is 222 cm³/mol. The topological polar surface area (TPSA) is 19.1 Å². The first kappa shape index (κ1) is 30.8. The van der Waals surface area contributed by atoms with Crippen molar-refractivity contribution in [1.82, 2.24) is 9.13 Å². The van der Waals surface area contributed by atoms with Gasteiger partial charge >= 0.3 is 0 Å². The number of fused-ring (bicyclic) bond motifs is 10. The van der Waals surface area contributed by atoms with Crippen LogP contribution in [-0.4, -0.2) is 23.9 Å². The molecule has 5 aromatic carbocycles. The van der Waals surface area contributed by atoms with Gasteiger partial charge in [-0.05, 0) is 108 Å². The summed E-state index contributed by atoms with van der Waals surface area (Å²) < 4.78 is 12.3. The lowest BCUT2D eigenvalue weighted by Gasteiger charge is -2.43. The molecule has 0 saturated carbocycles. The third-order valence-corrected chi connectivity index (χ3v) is 18.1. The van der Waals surface area contributed by atoms with Crippen molar-refractivity contribution in [3.05, 3.63) is 125 Å². The Hall–Kier alpha value is -4.74. The van der Waals surface area contributed by atoms with Gasteiger partial charge in [-0.1, -0.05) is 111 Å². The highest BCUT2D eigenvalue weighted by Gasteiger charge is 2.48. The second-order valence-corrected chi connectivity index (χ2v) is 21.6. The summed E-state index contributed by atoms with van der Waals surface area (Å²) in [5.41, 5.74) is 16.9. The molecule has 52 heavy (non-hydrogen) atoms. The molecule has 2 aliphatic carbocycles. The fourth-order valence-electron chi connectivity index (χ4n) is 10.7. The molecule has 256 valence electrons. The first-order valence-electron chi connectivity index (χ1n) is 19.6. The molecule has 0 bridgehead atoms. The molecule has 0 radical (unpaired) electrons. The molecule has 1 unspecified atom stereocenters. The zero-order valence-corrected chi connectivity index (χ0v) is 32.1. The third kappa shape index (κ3) is 4.03. The highest BCUT2D eigenvalue weighted by atomic mass is 28.3. The fourth-order valence-corrected chi connectivity index (χ4v) is 14.4. The van der Waals surface area contributed by atoms with Crippen molar-refractivity contribution in [2.75, 3.05) is 0 Å². The summed E-state index contributed by atoms with van der Waals surface area (Å²) in [4.78, 5) is 0. The molecule has 2 aliphatic heterocycles. The summed E-state index contributed by atoms with van der Waals surface area (Å²) in [5.74, 6) is 2.07. The van der Waals surface area contributed by atoms with Crippen LogP contribution in [0.15, 0.2) is 97.1 Å². The Labute approximate surface area is 308 Å². The van der Waals surface area contributed by atoms with Crippen LogP contribution >= 0.6 is 0 Å². The van der Waals surface area contributed by atoms with Crippen LogP contribution in [0.25, 0.3) is 33.2 Å². The molecule has 3 nitrogen and oxygen atoms in total. The summed E-state index contributed by atoms with van der Waals surface area (Å²) >= 11 is 0. The van der Waals surface area contributed by atoms with Gasteiger partial charge in [-0.3, -0.25) is 0 Å². The van der Waals surface area contributed by atoms with E-state index in [9.17, 15) is 0 Å². The van der Waals surface area contributed by atoms with E-state index in [1.807, 2.05) is 0 Å². The number of para-hydroxylation sites is 2. The molecule has 0 spiro atoms. The number of nitrogens with zero attached hydrogens (tertiary/aromatic N) is 2. The van der Waals surface area contributed by atoms with Crippen molar-refractivity contribution < 1.29 is 4.74 Å².